The van der Waals surface area contributed by atoms with Gasteiger partial charge in [-0.05, 0) is 51.3 Å². The van der Waals surface area contributed by atoms with Crippen molar-refractivity contribution >= 4 is 11.9 Å². The van der Waals surface area contributed by atoms with Gasteiger partial charge in [0.2, 0.25) is 0 Å². The van der Waals surface area contributed by atoms with E-state index in [4.69, 9.17) is 4.74 Å². The summed E-state index contributed by atoms with van der Waals surface area (Å²) in [7, 11) is 0. The predicted octanol–water partition coefficient (Wildman–Crippen LogP) is 3.86. The van der Waals surface area contributed by atoms with Crippen LogP contribution in [0.3, 0.4) is 0 Å². The Balaban J connectivity index is 2.03. The minimum Gasteiger partial charge on any atom is -0.480 e. The first-order valence-electron chi connectivity index (χ1n) is 9.03. The van der Waals surface area contributed by atoms with Crippen LogP contribution in [0.4, 0.5) is 0 Å². The van der Waals surface area contributed by atoms with Crippen LogP contribution in [0.15, 0.2) is 24.3 Å². The number of carbonyl (C=O) groups excluding carboxylic acids is 1. The van der Waals surface area contributed by atoms with Crippen molar-refractivity contribution in [1.82, 2.24) is 4.90 Å². The number of carboxylic acid groups (broad SMARTS) is 1. The van der Waals surface area contributed by atoms with Crippen molar-refractivity contribution < 1.29 is 19.4 Å². The SMILES string of the molecule is CC(C)(C)OC(=O)c1ccc(CN(CC(=O)O)C2CCCCC2)cc1. The molecular formula is C20H29NO4. The number of benzene rings is 1. The van der Waals surface area contributed by atoms with Gasteiger partial charge in [0.15, 0.2) is 0 Å². The zero-order valence-corrected chi connectivity index (χ0v) is 15.5. The van der Waals surface area contributed by atoms with Gasteiger partial charge < -0.3 is 9.84 Å². The standard InChI is InChI=1S/C20H29NO4/c1-20(2,3)25-19(24)16-11-9-15(10-12-16)13-21(14-18(22)23)17-7-5-4-6-8-17/h9-12,17H,4-8,13-14H2,1-3H3,(H,22,23). The van der Waals surface area contributed by atoms with Crippen molar-refractivity contribution in [3.8, 4) is 0 Å². The number of hydrogen-bond donors (Lipinski definition) is 1. The summed E-state index contributed by atoms with van der Waals surface area (Å²) in [5.74, 6) is -1.13. The molecule has 1 fully saturated rings. The van der Waals surface area contributed by atoms with Crippen LogP contribution in [-0.4, -0.2) is 40.1 Å². The summed E-state index contributed by atoms with van der Waals surface area (Å²) >= 11 is 0. The summed E-state index contributed by atoms with van der Waals surface area (Å²) in [6, 6.07) is 7.61. The van der Waals surface area contributed by atoms with Crippen molar-refractivity contribution in [2.75, 3.05) is 6.54 Å². The van der Waals surface area contributed by atoms with E-state index >= 15 is 0 Å². The van der Waals surface area contributed by atoms with E-state index in [0.717, 1.165) is 18.4 Å². The second kappa shape index (κ2) is 8.48. The van der Waals surface area contributed by atoms with Gasteiger partial charge in [-0.3, -0.25) is 9.69 Å². The average Bonchev–Trinajstić information content (AvgIpc) is 2.54. The van der Waals surface area contributed by atoms with Gasteiger partial charge in [0, 0.05) is 12.6 Å². The number of aliphatic carboxylic acids is 1. The summed E-state index contributed by atoms with van der Waals surface area (Å²) in [6.45, 7) is 6.16. The molecule has 0 amide bonds. The lowest BCUT2D eigenvalue weighted by Gasteiger charge is -2.33. The number of ether oxygens (including phenoxy) is 1. The first-order chi connectivity index (χ1) is 11.7. The van der Waals surface area contributed by atoms with E-state index < -0.39 is 11.6 Å². The lowest BCUT2D eigenvalue weighted by molar-refractivity contribution is -0.139. The summed E-state index contributed by atoms with van der Waals surface area (Å²) in [5, 5.41) is 9.21. The second-order valence-electron chi connectivity index (χ2n) is 7.79. The zero-order valence-electron chi connectivity index (χ0n) is 15.5. The number of rotatable bonds is 6. The predicted molar refractivity (Wildman–Crippen MR) is 96.5 cm³/mol. The quantitative estimate of drug-likeness (QED) is 0.792. The molecule has 0 bridgehead atoms. The van der Waals surface area contributed by atoms with Crippen LogP contribution < -0.4 is 0 Å². The van der Waals surface area contributed by atoms with E-state index in [2.05, 4.69) is 0 Å². The van der Waals surface area contributed by atoms with E-state index in [1.54, 1.807) is 12.1 Å². The largest absolute Gasteiger partial charge is 0.480 e. The fourth-order valence-corrected chi connectivity index (χ4v) is 3.25. The highest BCUT2D eigenvalue weighted by molar-refractivity contribution is 5.89. The van der Waals surface area contributed by atoms with Crippen LogP contribution in [0.1, 0.15) is 68.8 Å². The molecule has 2 rings (SSSR count). The van der Waals surface area contributed by atoms with Gasteiger partial charge in [-0.25, -0.2) is 4.79 Å². The number of hydrogen-bond acceptors (Lipinski definition) is 4. The summed E-state index contributed by atoms with van der Waals surface area (Å²) in [6.07, 6.45) is 5.69. The number of nitrogens with zero attached hydrogens (tertiary/aromatic N) is 1. The topological polar surface area (TPSA) is 66.8 Å². The number of carbonyl (C=O) groups is 2. The van der Waals surface area contributed by atoms with Crippen molar-refractivity contribution in [3.63, 3.8) is 0 Å². The van der Waals surface area contributed by atoms with Gasteiger partial charge in [-0.1, -0.05) is 31.4 Å². The molecule has 0 heterocycles. The highest BCUT2D eigenvalue weighted by atomic mass is 16.6. The molecule has 1 saturated carbocycles. The first-order valence-corrected chi connectivity index (χ1v) is 9.03. The smallest absolute Gasteiger partial charge is 0.338 e. The Morgan fingerprint density at radius 2 is 1.72 bits per heavy atom. The first kappa shape index (κ1) is 19.4. The Kier molecular flexibility index (Phi) is 6.59. The minimum absolute atomic E-state index is 0.0541. The van der Waals surface area contributed by atoms with Crippen molar-refractivity contribution in [1.29, 1.82) is 0 Å². The zero-order chi connectivity index (χ0) is 18.4. The molecule has 0 aromatic heterocycles. The van der Waals surface area contributed by atoms with Crippen molar-refractivity contribution in [3.05, 3.63) is 35.4 Å². The van der Waals surface area contributed by atoms with Crippen LogP contribution >= 0.6 is 0 Å². The van der Waals surface area contributed by atoms with Gasteiger partial charge in [0.1, 0.15) is 5.60 Å². The molecule has 1 aromatic carbocycles. The Morgan fingerprint density at radius 1 is 1.12 bits per heavy atom. The van der Waals surface area contributed by atoms with E-state index in [9.17, 15) is 14.7 Å². The maximum Gasteiger partial charge on any atom is 0.338 e. The van der Waals surface area contributed by atoms with E-state index in [-0.39, 0.29) is 12.5 Å². The van der Waals surface area contributed by atoms with E-state index in [1.165, 1.54) is 19.3 Å². The highest BCUT2D eigenvalue weighted by Gasteiger charge is 2.23. The van der Waals surface area contributed by atoms with Crippen LogP contribution in [0.25, 0.3) is 0 Å². The summed E-state index contributed by atoms with van der Waals surface area (Å²) in [4.78, 5) is 25.3. The monoisotopic (exact) mass is 347 g/mol. The molecule has 1 aromatic rings. The Bertz CT molecular complexity index is 583. The lowest BCUT2D eigenvalue weighted by Crippen LogP contribution is -2.39. The molecule has 1 aliphatic carbocycles. The minimum atomic E-state index is -0.795. The Hall–Kier alpha value is -1.88. The van der Waals surface area contributed by atoms with Crippen LogP contribution in [-0.2, 0) is 16.1 Å². The molecule has 0 radical (unpaired) electrons. The maximum atomic E-state index is 12.1. The Labute approximate surface area is 150 Å². The van der Waals surface area contributed by atoms with Gasteiger partial charge in [0.05, 0.1) is 12.1 Å². The molecule has 0 spiro atoms. The van der Waals surface area contributed by atoms with Gasteiger partial charge >= 0.3 is 11.9 Å². The maximum absolute atomic E-state index is 12.1. The molecule has 5 heteroatoms. The fourth-order valence-electron chi connectivity index (χ4n) is 3.25. The van der Waals surface area contributed by atoms with Gasteiger partial charge in [-0.2, -0.15) is 0 Å². The van der Waals surface area contributed by atoms with Crippen molar-refractivity contribution in [2.45, 2.75) is 71.1 Å². The molecule has 0 atom stereocenters. The molecule has 1 aliphatic rings. The molecule has 0 unspecified atom stereocenters. The third kappa shape index (κ3) is 6.50. The normalized spacial score (nSPS) is 16.0. The van der Waals surface area contributed by atoms with Crippen molar-refractivity contribution in [2.24, 2.45) is 0 Å². The number of carboxylic acids is 1. The third-order valence-electron chi connectivity index (χ3n) is 4.40. The van der Waals surface area contributed by atoms with Crippen LogP contribution in [0, 0.1) is 0 Å². The highest BCUT2D eigenvalue weighted by Crippen LogP contribution is 2.24. The lowest BCUT2D eigenvalue weighted by atomic mass is 9.93. The van der Waals surface area contributed by atoms with Gasteiger partial charge in [-0.15, -0.1) is 0 Å². The van der Waals surface area contributed by atoms with E-state index in [0.29, 0.717) is 18.2 Å². The molecule has 5 nitrogen and oxygen atoms in total. The Morgan fingerprint density at radius 3 is 2.24 bits per heavy atom. The second-order valence-corrected chi connectivity index (χ2v) is 7.79. The number of esters is 1. The molecule has 138 valence electrons. The van der Waals surface area contributed by atoms with Gasteiger partial charge in [0.25, 0.3) is 0 Å². The fraction of sp³-hybridized carbons (Fsp3) is 0.600. The molecule has 1 N–H and O–H groups in total. The molecule has 25 heavy (non-hydrogen) atoms. The van der Waals surface area contributed by atoms with E-state index in [1.807, 2.05) is 37.8 Å². The molecule has 0 aliphatic heterocycles. The third-order valence-corrected chi connectivity index (χ3v) is 4.40. The van der Waals surface area contributed by atoms with Crippen LogP contribution in [0.2, 0.25) is 0 Å². The average molecular weight is 347 g/mol. The molecule has 0 saturated heterocycles. The summed E-state index contributed by atoms with van der Waals surface area (Å²) < 4.78 is 5.37. The molecular weight excluding hydrogens is 318 g/mol. The summed E-state index contributed by atoms with van der Waals surface area (Å²) in [5.41, 5.74) is 1.01. The van der Waals surface area contributed by atoms with Crippen LogP contribution in [0.5, 0.6) is 0 Å².